The number of nitrogens with one attached hydrogen (secondary N) is 2. The largest absolute Gasteiger partial charge is 0.266 e. The van der Waals surface area contributed by atoms with Crippen molar-refractivity contribution in [1.29, 1.82) is 0 Å². The van der Waals surface area contributed by atoms with E-state index in [-0.39, 0.29) is 17.0 Å². The van der Waals surface area contributed by atoms with Gasteiger partial charge in [0.25, 0.3) is 10.0 Å². The fraction of sp³-hybridized carbons (Fsp3) is 0.625. The molecule has 0 atom stereocenters. The molecule has 0 radical (unpaired) electrons. The molecule has 0 amide bonds. The van der Waals surface area contributed by atoms with Crippen molar-refractivity contribution in [3.05, 3.63) is 12.3 Å². The SMILES string of the molecule is CC(C)(CCl)CNS(=O)(=O)c1ccn[nH]1. The summed E-state index contributed by atoms with van der Waals surface area (Å²) in [7, 11) is -3.49. The number of halogens is 1. The van der Waals surface area contributed by atoms with Gasteiger partial charge in [0.15, 0.2) is 5.03 Å². The summed E-state index contributed by atoms with van der Waals surface area (Å²) in [5.41, 5.74) is -0.269. The van der Waals surface area contributed by atoms with Gasteiger partial charge in [0, 0.05) is 12.4 Å². The van der Waals surface area contributed by atoms with Gasteiger partial charge >= 0.3 is 0 Å². The third-order valence-electron chi connectivity index (χ3n) is 1.87. The summed E-state index contributed by atoms with van der Waals surface area (Å²) in [6, 6.07) is 1.40. The average Bonchev–Trinajstić information content (AvgIpc) is 2.69. The van der Waals surface area contributed by atoms with Crippen LogP contribution in [0.4, 0.5) is 0 Å². The second-order valence-electron chi connectivity index (χ2n) is 4.04. The maximum Gasteiger partial charge on any atom is 0.257 e. The monoisotopic (exact) mass is 251 g/mol. The molecule has 0 aliphatic heterocycles. The highest BCUT2D eigenvalue weighted by Gasteiger charge is 2.22. The summed E-state index contributed by atoms with van der Waals surface area (Å²) in [6.45, 7) is 4.06. The van der Waals surface area contributed by atoms with Gasteiger partial charge in [-0.3, -0.25) is 5.10 Å². The molecule has 7 heteroatoms. The quantitative estimate of drug-likeness (QED) is 0.766. The number of H-pyrrole nitrogens is 1. The van der Waals surface area contributed by atoms with Gasteiger partial charge in [-0.25, -0.2) is 13.1 Å². The molecule has 0 aromatic carbocycles. The Morgan fingerprint density at radius 1 is 1.60 bits per heavy atom. The van der Waals surface area contributed by atoms with Crippen LogP contribution in [0.15, 0.2) is 17.3 Å². The van der Waals surface area contributed by atoms with Crippen LogP contribution in [0.25, 0.3) is 0 Å². The highest BCUT2D eigenvalue weighted by molar-refractivity contribution is 7.89. The molecule has 0 saturated heterocycles. The van der Waals surface area contributed by atoms with Gasteiger partial charge in [-0.1, -0.05) is 13.8 Å². The number of sulfonamides is 1. The zero-order valence-electron chi connectivity index (χ0n) is 8.62. The molecule has 15 heavy (non-hydrogen) atoms. The van der Waals surface area contributed by atoms with Crippen LogP contribution in [-0.2, 0) is 10.0 Å². The Bertz CT molecular complexity index is 400. The van der Waals surface area contributed by atoms with E-state index in [2.05, 4.69) is 14.9 Å². The summed E-state index contributed by atoms with van der Waals surface area (Å²) in [5, 5.41) is 6.04. The first-order valence-corrected chi connectivity index (χ1v) is 6.44. The van der Waals surface area contributed by atoms with Crippen LogP contribution >= 0.6 is 11.6 Å². The van der Waals surface area contributed by atoms with Gasteiger partial charge in [0.2, 0.25) is 0 Å². The molecule has 0 fully saturated rings. The van der Waals surface area contributed by atoms with Crippen LogP contribution in [0.5, 0.6) is 0 Å². The van der Waals surface area contributed by atoms with E-state index in [9.17, 15) is 8.42 Å². The van der Waals surface area contributed by atoms with Crippen molar-refractivity contribution < 1.29 is 8.42 Å². The Labute approximate surface area is 94.3 Å². The Morgan fingerprint density at radius 2 is 2.27 bits per heavy atom. The lowest BCUT2D eigenvalue weighted by molar-refractivity contribution is 0.413. The van der Waals surface area contributed by atoms with Gasteiger partial charge in [-0.15, -0.1) is 11.6 Å². The second kappa shape index (κ2) is 4.51. The van der Waals surface area contributed by atoms with Gasteiger partial charge in [-0.05, 0) is 11.5 Å². The van der Waals surface area contributed by atoms with Crippen LogP contribution in [0.3, 0.4) is 0 Å². The van der Waals surface area contributed by atoms with Crippen LogP contribution in [0, 0.1) is 5.41 Å². The van der Waals surface area contributed by atoms with E-state index in [0.29, 0.717) is 5.88 Å². The first-order chi connectivity index (χ1) is 6.87. The fourth-order valence-electron chi connectivity index (χ4n) is 0.808. The molecule has 1 heterocycles. The lowest BCUT2D eigenvalue weighted by atomic mass is 9.97. The molecule has 0 unspecified atom stereocenters. The van der Waals surface area contributed by atoms with E-state index in [4.69, 9.17) is 11.6 Å². The van der Waals surface area contributed by atoms with Crippen molar-refractivity contribution in [3.63, 3.8) is 0 Å². The maximum atomic E-state index is 11.6. The molecule has 0 bridgehead atoms. The molecular formula is C8H14ClN3O2S. The van der Waals surface area contributed by atoms with Crippen molar-refractivity contribution >= 4 is 21.6 Å². The first kappa shape index (κ1) is 12.5. The normalized spacial score (nSPS) is 13.0. The second-order valence-corrected chi connectivity index (χ2v) is 6.05. The smallest absolute Gasteiger partial charge is 0.257 e. The maximum absolute atomic E-state index is 11.6. The molecule has 0 aliphatic carbocycles. The Hall–Kier alpha value is -0.590. The van der Waals surface area contributed by atoms with Gasteiger partial charge in [0.05, 0.1) is 6.20 Å². The standard InChI is InChI=1S/C8H14ClN3O2S/c1-8(2,5-9)6-11-15(13,14)7-3-4-10-12-7/h3-4,11H,5-6H2,1-2H3,(H,10,12). The number of aromatic amines is 1. The van der Waals surface area contributed by atoms with E-state index in [1.165, 1.54) is 12.3 Å². The average molecular weight is 252 g/mol. The zero-order valence-corrected chi connectivity index (χ0v) is 10.2. The minimum atomic E-state index is -3.49. The summed E-state index contributed by atoms with van der Waals surface area (Å²) in [4.78, 5) is 0. The third kappa shape index (κ3) is 3.48. The third-order valence-corrected chi connectivity index (χ3v) is 3.92. The number of rotatable bonds is 5. The van der Waals surface area contributed by atoms with Crippen LogP contribution < -0.4 is 4.72 Å². The molecule has 0 aliphatic rings. The summed E-state index contributed by atoms with van der Waals surface area (Å²) in [5.74, 6) is 0.387. The molecular weight excluding hydrogens is 238 g/mol. The number of nitrogens with zero attached hydrogens (tertiary/aromatic N) is 1. The molecule has 1 aromatic rings. The highest BCUT2D eigenvalue weighted by atomic mass is 35.5. The molecule has 5 nitrogen and oxygen atoms in total. The van der Waals surface area contributed by atoms with E-state index in [0.717, 1.165) is 0 Å². The highest BCUT2D eigenvalue weighted by Crippen LogP contribution is 2.16. The number of aromatic nitrogens is 2. The van der Waals surface area contributed by atoms with Gasteiger partial charge in [0.1, 0.15) is 0 Å². The van der Waals surface area contributed by atoms with Crippen molar-refractivity contribution in [2.45, 2.75) is 18.9 Å². The van der Waals surface area contributed by atoms with Gasteiger partial charge < -0.3 is 0 Å². The fourth-order valence-corrected chi connectivity index (χ4v) is 2.05. The van der Waals surface area contributed by atoms with Crippen LogP contribution in [0.1, 0.15) is 13.8 Å². The summed E-state index contributed by atoms with van der Waals surface area (Å²) < 4.78 is 25.7. The number of alkyl halides is 1. The summed E-state index contributed by atoms with van der Waals surface area (Å²) in [6.07, 6.45) is 1.39. The van der Waals surface area contributed by atoms with Crippen LogP contribution in [0.2, 0.25) is 0 Å². The van der Waals surface area contributed by atoms with E-state index >= 15 is 0 Å². The molecule has 0 saturated carbocycles. The van der Waals surface area contributed by atoms with E-state index in [1.54, 1.807) is 0 Å². The van der Waals surface area contributed by atoms with Crippen molar-refractivity contribution in [2.24, 2.45) is 5.41 Å². The Kier molecular flexibility index (Phi) is 3.75. The minimum absolute atomic E-state index is 0.0628. The van der Waals surface area contributed by atoms with Crippen molar-refractivity contribution in [1.82, 2.24) is 14.9 Å². The molecule has 1 rings (SSSR count). The molecule has 0 spiro atoms. The lowest BCUT2D eigenvalue weighted by Gasteiger charge is -2.21. The lowest BCUT2D eigenvalue weighted by Crippen LogP contribution is -2.35. The molecule has 86 valence electrons. The topological polar surface area (TPSA) is 74.8 Å². The van der Waals surface area contributed by atoms with E-state index in [1.807, 2.05) is 13.8 Å². The Morgan fingerprint density at radius 3 is 2.73 bits per heavy atom. The number of hydrogen-bond donors (Lipinski definition) is 2. The van der Waals surface area contributed by atoms with Crippen molar-refractivity contribution in [2.75, 3.05) is 12.4 Å². The Balaban J connectivity index is 2.67. The first-order valence-electron chi connectivity index (χ1n) is 4.42. The predicted molar refractivity (Wildman–Crippen MR) is 58.3 cm³/mol. The van der Waals surface area contributed by atoms with E-state index < -0.39 is 10.0 Å². The number of hydrogen-bond acceptors (Lipinski definition) is 3. The molecule has 2 N–H and O–H groups in total. The predicted octanol–water partition coefficient (Wildman–Crippen LogP) is 0.953. The van der Waals surface area contributed by atoms with Crippen molar-refractivity contribution in [3.8, 4) is 0 Å². The summed E-state index contributed by atoms with van der Waals surface area (Å²) >= 11 is 5.69. The zero-order chi connectivity index (χ0) is 11.5. The minimum Gasteiger partial charge on any atom is -0.266 e. The van der Waals surface area contributed by atoms with Gasteiger partial charge in [-0.2, -0.15) is 5.10 Å². The van der Waals surface area contributed by atoms with Crippen LogP contribution in [-0.4, -0.2) is 31.0 Å². The molecule has 1 aromatic heterocycles.